The number of pyridine rings is 2. The molecule has 0 spiro atoms. The van der Waals surface area contributed by atoms with Crippen LogP contribution in [0.2, 0.25) is 0 Å². The Labute approximate surface area is 255 Å². The van der Waals surface area contributed by atoms with Gasteiger partial charge in [-0.05, 0) is 50.8 Å². The van der Waals surface area contributed by atoms with E-state index in [2.05, 4.69) is 30.0 Å². The highest BCUT2D eigenvalue weighted by atomic mass is 19.4. The quantitative estimate of drug-likeness (QED) is 0.251. The van der Waals surface area contributed by atoms with Crippen LogP contribution < -0.4 is 14.4 Å². The van der Waals surface area contributed by atoms with Gasteiger partial charge in [-0.1, -0.05) is 12.8 Å². The number of nitrogens with zero attached hydrogens (tertiary/aromatic N) is 5. The largest absolute Gasteiger partial charge is 0.476 e. The summed E-state index contributed by atoms with van der Waals surface area (Å²) in [6, 6.07) is 3.07. The number of ether oxygens (including phenoxy) is 2. The Balaban J connectivity index is 1.34. The van der Waals surface area contributed by atoms with Crippen molar-refractivity contribution in [2.45, 2.75) is 75.8 Å². The zero-order valence-electron chi connectivity index (χ0n) is 24.8. The minimum atomic E-state index is -4.80. The second kappa shape index (κ2) is 10.4. The minimum absolute atomic E-state index is 0.0337. The number of H-pyrrole nitrogens is 1. The summed E-state index contributed by atoms with van der Waals surface area (Å²) < 4.78 is 87.7. The Morgan fingerprint density at radius 2 is 2.00 bits per heavy atom. The summed E-state index contributed by atoms with van der Waals surface area (Å²) >= 11 is 0. The van der Waals surface area contributed by atoms with E-state index >= 15 is 4.39 Å². The summed E-state index contributed by atoms with van der Waals surface area (Å²) in [4.78, 5) is 13.4. The number of aromatic amines is 1. The molecule has 3 aromatic heterocycles. The van der Waals surface area contributed by atoms with Crippen molar-refractivity contribution in [3.05, 3.63) is 35.3 Å². The minimum Gasteiger partial charge on any atom is -0.476 e. The first-order valence-electron chi connectivity index (χ1n) is 15.6. The zero-order valence-corrected chi connectivity index (χ0v) is 24.8. The number of aryl methyl sites for hydroxylation is 1. The van der Waals surface area contributed by atoms with Crippen molar-refractivity contribution >= 4 is 27.5 Å². The highest BCUT2D eigenvalue weighted by molar-refractivity contribution is 6.02. The summed E-state index contributed by atoms with van der Waals surface area (Å²) in [5.74, 6) is -0.825. The lowest BCUT2D eigenvalue weighted by molar-refractivity contribution is -0.137. The normalized spacial score (nSPS) is 25.2. The maximum absolute atomic E-state index is 16.9. The van der Waals surface area contributed by atoms with Crippen LogP contribution in [0.15, 0.2) is 18.3 Å². The van der Waals surface area contributed by atoms with Crippen LogP contribution in [-0.2, 0) is 6.18 Å². The van der Waals surface area contributed by atoms with Crippen molar-refractivity contribution in [3.8, 4) is 23.0 Å². The van der Waals surface area contributed by atoms with E-state index in [-0.39, 0.29) is 47.5 Å². The van der Waals surface area contributed by atoms with Gasteiger partial charge >= 0.3 is 6.18 Å². The monoisotopic (exact) mass is 628 g/mol. The van der Waals surface area contributed by atoms with Gasteiger partial charge in [0.05, 0.1) is 39.9 Å². The average Bonchev–Trinajstić information content (AvgIpc) is 3.60. The Morgan fingerprint density at radius 1 is 1.13 bits per heavy atom. The summed E-state index contributed by atoms with van der Waals surface area (Å²) in [5, 5.41) is 7.05. The summed E-state index contributed by atoms with van der Waals surface area (Å²) in [6.07, 6.45) is 1.39. The van der Waals surface area contributed by atoms with Crippen LogP contribution in [0.3, 0.4) is 0 Å². The fourth-order valence-electron chi connectivity index (χ4n) is 8.10. The Morgan fingerprint density at radius 3 is 2.84 bits per heavy atom. The van der Waals surface area contributed by atoms with Crippen molar-refractivity contribution in [2.75, 3.05) is 37.7 Å². The number of alkyl halides is 4. The molecule has 0 amide bonds. The van der Waals surface area contributed by atoms with Gasteiger partial charge < -0.3 is 14.4 Å². The molecule has 0 radical (unpaired) electrons. The molecule has 0 saturated carbocycles. The van der Waals surface area contributed by atoms with Crippen molar-refractivity contribution < 1.29 is 31.4 Å². The lowest BCUT2D eigenvalue weighted by atomic mass is 9.94. The molecule has 1 aromatic carbocycles. The molecule has 8 nitrogen and oxygen atoms in total. The Hall–Kier alpha value is -3.74. The van der Waals surface area contributed by atoms with Gasteiger partial charge in [0.1, 0.15) is 30.6 Å². The standard InChI is InChI=1S/C32H33F5N6O2/c1-17-10-21-20(13-38-41-21)24(26(17)32(35,36)37)28-27(34)29-25-22(43-9-4-2-3-6-19(43)15-44-30(25)40-28)11-23(39-29)45-16-31-7-5-8-42(31)14-18(33)12-31/h10-11,13,18-19H,2-9,12,14-16H2,1H3,(H,38,41)/t18-,19+,31+/m1/s1. The summed E-state index contributed by atoms with van der Waals surface area (Å²) in [7, 11) is 0. The third-order valence-electron chi connectivity index (χ3n) is 10.1. The van der Waals surface area contributed by atoms with E-state index < -0.39 is 40.5 Å². The van der Waals surface area contributed by atoms with E-state index in [9.17, 15) is 17.6 Å². The molecule has 13 heteroatoms. The van der Waals surface area contributed by atoms with Gasteiger partial charge in [-0.15, -0.1) is 0 Å². The van der Waals surface area contributed by atoms with Crippen LogP contribution in [0, 0.1) is 12.7 Å². The first-order chi connectivity index (χ1) is 21.6. The van der Waals surface area contributed by atoms with E-state index in [0.29, 0.717) is 36.1 Å². The van der Waals surface area contributed by atoms with Gasteiger partial charge in [0.15, 0.2) is 5.82 Å². The highest BCUT2D eigenvalue weighted by Gasteiger charge is 2.49. The van der Waals surface area contributed by atoms with Gasteiger partial charge in [0.2, 0.25) is 11.8 Å². The third-order valence-corrected chi connectivity index (χ3v) is 10.1. The zero-order chi connectivity index (χ0) is 31.1. The second-order valence-electron chi connectivity index (χ2n) is 12.9. The fourth-order valence-corrected chi connectivity index (χ4v) is 8.10. The summed E-state index contributed by atoms with van der Waals surface area (Å²) in [6.45, 7) is 3.61. The van der Waals surface area contributed by atoms with Gasteiger partial charge in [0.25, 0.3) is 0 Å². The number of fused-ring (bicyclic) bond motifs is 4. The average molecular weight is 629 g/mol. The Bertz CT molecular complexity index is 1810. The van der Waals surface area contributed by atoms with Gasteiger partial charge in [-0.3, -0.25) is 10.00 Å². The van der Waals surface area contributed by atoms with E-state index in [1.165, 1.54) is 19.2 Å². The molecule has 7 heterocycles. The molecule has 238 valence electrons. The van der Waals surface area contributed by atoms with Crippen molar-refractivity contribution in [3.63, 3.8) is 0 Å². The molecule has 0 unspecified atom stereocenters. The fraction of sp³-hybridized carbons (Fsp3) is 0.531. The van der Waals surface area contributed by atoms with Crippen molar-refractivity contribution in [1.29, 1.82) is 0 Å². The maximum Gasteiger partial charge on any atom is 0.417 e. The van der Waals surface area contributed by atoms with Crippen LogP contribution in [0.5, 0.6) is 11.8 Å². The van der Waals surface area contributed by atoms with E-state index in [4.69, 9.17) is 9.47 Å². The highest BCUT2D eigenvalue weighted by Crippen LogP contribution is 2.48. The molecular weight excluding hydrogens is 595 g/mol. The number of rotatable bonds is 4. The number of hydrogen-bond donors (Lipinski definition) is 1. The van der Waals surface area contributed by atoms with Crippen LogP contribution in [0.4, 0.5) is 27.6 Å². The molecular formula is C32H33F5N6O2. The number of anilines is 1. The maximum atomic E-state index is 16.9. The number of hydrogen-bond acceptors (Lipinski definition) is 7. The van der Waals surface area contributed by atoms with Gasteiger partial charge in [-0.25, -0.2) is 18.7 Å². The molecule has 4 aromatic rings. The van der Waals surface area contributed by atoms with E-state index in [1.54, 1.807) is 6.07 Å². The first-order valence-corrected chi connectivity index (χ1v) is 15.6. The molecule has 1 N–H and O–H groups in total. The lowest BCUT2D eigenvalue weighted by Crippen LogP contribution is -2.43. The molecule has 45 heavy (non-hydrogen) atoms. The van der Waals surface area contributed by atoms with Gasteiger partial charge in [0, 0.05) is 36.5 Å². The number of benzene rings is 1. The molecule has 3 saturated heterocycles. The lowest BCUT2D eigenvalue weighted by Gasteiger charge is -2.32. The smallest absolute Gasteiger partial charge is 0.417 e. The van der Waals surface area contributed by atoms with Crippen molar-refractivity contribution in [2.24, 2.45) is 0 Å². The predicted molar refractivity (Wildman–Crippen MR) is 158 cm³/mol. The van der Waals surface area contributed by atoms with Gasteiger partial charge in [-0.2, -0.15) is 18.3 Å². The summed E-state index contributed by atoms with van der Waals surface area (Å²) in [5.41, 5.74) is -1.68. The van der Waals surface area contributed by atoms with Crippen molar-refractivity contribution in [1.82, 2.24) is 25.1 Å². The van der Waals surface area contributed by atoms with Crippen LogP contribution in [0.25, 0.3) is 33.1 Å². The molecule has 4 aliphatic rings. The molecule has 3 fully saturated rings. The van der Waals surface area contributed by atoms with Crippen LogP contribution in [-0.4, -0.2) is 75.7 Å². The SMILES string of the molecule is Cc1cc2[nH]ncc2c(-c2nc3c4c(cc(OC[C@@]56CCCN5C[C@H](F)C6)nc4c2F)N2CCCCC[C@H]2CO3)c1C(F)(F)F. The third kappa shape index (κ3) is 4.59. The number of halogens is 5. The molecule has 3 atom stereocenters. The predicted octanol–water partition coefficient (Wildman–Crippen LogP) is 6.74. The topological polar surface area (TPSA) is 79.4 Å². The number of aromatic nitrogens is 4. The first kappa shape index (κ1) is 28.7. The molecule has 0 bridgehead atoms. The number of nitrogens with one attached hydrogen (secondary N) is 1. The van der Waals surface area contributed by atoms with E-state index in [1.807, 2.05) is 0 Å². The molecule has 4 aliphatic heterocycles. The molecule has 8 rings (SSSR count). The second-order valence-corrected chi connectivity index (χ2v) is 12.9. The van der Waals surface area contributed by atoms with Crippen LogP contribution >= 0.6 is 0 Å². The van der Waals surface area contributed by atoms with E-state index in [0.717, 1.165) is 45.1 Å². The van der Waals surface area contributed by atoms with Crippen LogP contribution in [0.1, 0.15) is 56.1 Å². The molecule has 0 aliphatic carbocycles. The Kier molecular flexibility index (Phi) is 6.63.